The van der Waals surface area contributed by atoms with E-state index < -0.39 is 0 Å². The molecular formula is C10H16N2O. The van der Waals surface area contributed by atoms with Crippen molar-refractivity contribution >= 4 is 5.69 Å². The van der Waals surface area contributed by atoms with Crippen LogP contribution in [0.25, 0.3) is 0 Å². The van der Waals surface area contributed by atoms with Crippen molar-refractivity contribution in [2.45, 2.75) is 19.8 Å². The van der Waals surface area contributed by atoms with E-state index in [0.29, 0.717) is 0 Å². The minimum Gasteiger partial charge on any atom is -0.397 e. The van der Waals surface area contributed by atoms with Crippen LogP contribution in [0.5, 0.6) is 0 Å². The van der Waals surface area contributed by atoms with Crippen molar-refractivity contribution in [2.75, 3.05) is 19.5 Å². The summed E-state index contributed by atoms with van der Waals surface area (Å²) in [6.07, 6.45) is 3.70. The maximum Gasteiger partial charge on any atom is 0.0633 e. The Balaban J connectivity index is 2.56. The first-order valence-electron chi connectivity index (χ1n) is 4.44. The fraction of sp³-hybridized carbons (Fsp3) is 0.500. The number of aryl methyl sites for hydroxylation is 2. The average molecular weight is 180 g/mol. The van der Waals surface area contributed by atoms with Gasteiger partial charge in [-0.15, -0.1) is 0 Å². The van der Waals surface area contributed by atoms with Gasteiger partial charge in [0.1, 0.15) is 0 Å². The maximum atomic E-state index is 5.80. The maximum absolute atomic E-state index is 5.80. The summed E-state index contributed by atoms with van der Waals surface area (Å²) in [7, 11) is 1.70. The molecule has 1 rings (SSSR count). The molecule has 0 amide bonds. The van der Waals surface area contributed by atoms with Gasteiger partial charge in [0, 0.05) is 19.9 Å². The molecule has 0 radical (unpaired) electrons. The molecule has 1 heterocycles. The molecular weight excluding hydrogens is 164 g/mol. The van der Waals surface area contributed by atoms with Crippen LogP contribution >= 0.6 is 0 Å². The Hall–Kier alpha value is -1.09. The Morgan fingerprint density at radius 1 is 1.54 bits per heavy atom. The number of nitrogen functional groups attached to an aromatic ring is 1. The summed E-state index contributed by atoms with van der Waals surface area (Å²) in [5.41, 5.74) is 8.67. The van der Waals surface area contributed by atoms with Gasteiger partial charge in [0.15, 0.2) is 0 Å². The Morgan fingerprint density at radius 3 is 2.92 bits per heavy atom. The third-order valence-corrected chi connectivity index (χ3v) is 1.90. The van der Waals surface area contributed by atoms with E-state index in [9.17, 15) is 0 Å². The molecule has 0 aliphatic carbocycles. The van der Waals surface area contributed by atoms with Gasteiger partial charge in [-0.3, -0.25) is 4.98 Å². The fourth-order valence-corrected chi connectivity index (χ4v) is 1.21. The number of rotatable bonds is 4. The third kappa shape index (κ3) is 3.03. The highest BCUT2D eigenvalue weighted by molar-refractivity contribution is 5.44. The number of methoxy groups -OCH3 is 1. The van der Waals surface area contributed by atoms with E-state index >= 15 is 0 Å². The minimum absolute atomic E-state index is 0.759. The van der Waals surface area contributed by atoms with E-state index in [2.05, 4.69) is 4.98 Å². The van der Waals surface area contributed by atoms with Crippen molar-refractivity contribution in [1.82, 2.24) is 4.98 Å². The van der Waals surface area contributed by atoms with E-state index in [1.165, 1.54) is 0 Å². The van der Waals surface area contributed by atoms with Crippen LogP contribution in [0.3, 0.4) is 0 Å². The lowest BCUT2D eigenvalue weighted by Gasteiger charge is -2.04. The molecule has 72 valence electrons. The lowest BCUT2D eigenvalue weighted by Crippen LogP contribution is -2.00. The summed E-state index contributed by atoms with van der Waals surface area (Å²) < 4.78 is 4.96. The van der Waals surface area contributed by atoms with Gasteiger partial charge in [-0.05, 0) is 31.4 Å². The van der Waals surface area contributed by atoms with Gasteiger partial charge in [0.05, 0.1) is 11.4 Å². The molecule has 0 aliphatic heterocycles. The molecule has 0 bridgehead atoms. The van der Waals surface area contributed by atoms with Crippen molar-refractivity contribution in [1.29, 1.82) is 0 Å². The largest absolute Gasteiger partial charge is 0.397 e. The lowest BCUT2D eigenvalue weighted by molar-refractivity contribution is 0.195. The summed E-state index contributed by atoms with van der Waals surface area (Å²) in [6.45, 7) is 2.75. The summed E-state index contributed by atoms with van der Waals surface area (Å²) in [5, 5.41) is 0. The topological polar surface area (TPSA) is 48.1 Å². The van der Waals surface area contributed by atoms with Crippen LogP contribution < -0.4 is 5.73 Å². The average Bonchev–Trinajstić information content (AvgIpc) is 2.09. The SMILES string of the molecule is COCCCc1ncc(C)cc1N. The predicted molar refractivity (Wildman–Crippen MR) is 53.6 cm³/mol. The van der Waals surface area contributed by atoms with E-state index in [1.807, 2.05) is 19.2 Å². The zero-order valence-electron chi connectivity index (χ0n) is 8.21. The molecule has 2 N–H and O–H groups in total. The number of ether oxygens (including phenoxy) is 1. The molecule has 0 spiro atoms. The molecule has 13 heavy (non-hydrogen) atoms. The smallest absolute Gasteiger partial charge is 0.0633 e. The zero-order chi connectivity index (χ0) is 9.68. The van der Waals surface area contributed by atoms with Gasteiger partial charge in [-0.1, -0.05) is 0 Å². The molecule has 3 nitrogen and oxygen atoms in total. The number of anilines is 1. The van der Waals surface area contributed by atoms with Crippen LogP contribution in [-0.4, -0.2) is 18.7 Å². The number of hydrogen-bond acceptors (Lipinski definition) is 3. The number of nitrogens with two attached hydrogens (primary N) is 1. The van der Waals surface area contributed by atoms with Gasteiger partial charge in [0.25, 0.3) is 0 Å². The summed E-state index contributed by atoms with van der Waals surface area (Å²) in [4.78, 5) is 4.27. The first-order chi connectivity index (χ1) is 6.24. The number of nitrogens with zero attached hydrogens (tertiary/aromatic N) is 1. The van der Waals surface area contributed by atoms with Gasteiger partial charge in [0.2, 0.25) is 0 Å². The van der Waals surface area contributed by atoms with Crippen molar-refractivity contribution < 1.29 is 4.74 Å². The second kappa shape index (κ2) is 4.82. The molecule has 1 aromatic heterocycles. The summed E-state index contributed by atoms with van der Waals surface area (Å²) in [6, 6.07) is 1.95. The molecule has 0 unspecified atom stereocenters. The Bertz CT molecular complexity index is 274. The summed E-state index contributed by atoms with van der Waals surface area (Å²) in [5.74, 6) is 0. The van der Waals surface area contributed by atoms with Gasteiger partial charge in [-0.25, -0.2) is 0 Å². The molecule has 0 atom stereocenters. The minimum atomic E-state index is 0.759. The lowest BCUT2D eigenvalue weighted by atomic mass is 10.1. The van der Waals surface area contributed by atoms with Crippen LogP contribution in [0.15, 0.2) is 12.3 Å². The Labute approximate surface area is 78.9 Å². The van der Waals surface area contributed by atoms with Crippen molar-refractivity contribution in [3.05, 3.63) is 23.5 Å². The predicted octanol–water partition coefficient (Wildman–Crippen LogP) is 1.55. The quantitative estimate of drug-likeness (QED) is 0.715. The molecule has 0 saturated heterocycles. The van der Waals surface area contributed by atoms with Crippen molar-refractivity contribution in [3.63, 3.8) is 0 Å². The first kappa shape index (κ1) is 9.99. The van der Waals surface area contributed by atoms with Crippen molar-refractivity contribution in [2.24, 2.45) is 0 Å². The molecule has 0 saturated carbocycles. The van der Waals surface area contributed by atoms with Gasteiger partial charge < -0.3 is 10.5 Å². The van der Waals surface area contributed by atoms with E-state index in [4.69, 9.17) is 10.5 Å². The summed E-state index contributed by atoms with van der Waals surface area (Å²) >= 11 is 0. The second-order valence-electron chi connectivity index (χ2n) is 3.14. The van der Waals surface area contributed by atoms with Crippen LogP contribution in [0.2, 0.25) is 0 Å². The second-order valence-corrected chi connectivity index (χ2v) is 3.14. The zero-order valence-corrected chi connectivity index (χ0v) is 8.21. The number of hydrogen-bond donors (Lipinski definition) is 1. The molecule has 1 aromatic rings. The Morgan fingerprint density at radius 2 is 2.31 bits per heavy atom. The Kier molecular flexibility index (Phi) is 3.71. The van der Waals surface area contributed by atoms with Crippen LogP contribution in [0.1, 0.15) is 17.7 Å². The van der Waals surface area contributed by atoms with Crippen LogP contribution in [0, 0.1) is 6.92 Å². The number of pyridine rings is 1. The van der Waals surface area contributed by atoms with Crippen LogP contribution in [0.4, 0.5) is 5.69 Å². The third-order valence-electron chi connectivity index (χ3n) is 1.90. The highest BCUT2D eigenvalue weighted by atomic mass is 16.5. The molecule has 0 aliphatic rings. The van der Waals surface area contributed by atoms with E-state index in [1.54, 1.807) is 7.11 Å². The van der Waals surface area contributed by atoms with Gasteiger partial charge >= 0.3 is 0 Å². The fourth-order valence-electron chi connectivity index (χ4n) is 1.21. The molecule has 0 aromatic carbocycles. The monoisotopic (exact) mass is 180 g/mol. The number of aromatic nitrogens is 1. The standard InChI is InChI=1S/C10H16N2O/c1-8-6-9(11)10(12-7-8)4-3-5-13-2/h6-7H,3-5,11H2,1-2H3. The van der Waals surface area contributed by atoms with Crippen LogP contribution in [-0.2, 0) is 11.2 Å². The van der Waals surface area contributed by atoms with E-state index in [0.717, 1.165) is 36.4 Å². The van der Waals surface area contributed by atoms with E-state index in [-0.39, 0.29) is 0 Å². The first-order valence-corrected chi connectivity index (χ1v) is 4.44. The normalized spacial score (nSPS) is 10.3. The highest BCUT2D eigenvalue weighted by Gasteiger charge is 2.00. The van der Waals surface area contributed by atoms with Gasteiger partial charge in [-0.2, -0.15) is 0 Å². The molecule has 3 heteroatoms. The highest BCUT2D eigenvalue weighted by Crippen LogP contribution is 2.11. The molecule has 0 fully saturated rings. The van der Waals surface area contributed by atoms with Crippen molar-refractivity contribution in [3.8, 4) is 0 Å².